The van der Waals surface area contributed by atoms with Crippen molar-refractivity contribution in [1.82, 2.24) is 4.57 Å². The van der Waals surface area contributed by atoms with Gasteiger partial charge < -0.3 is 9.88 Å². The van der Waals surface area contributed by atoms with Crippen molar-refractivity contribution in [3.05, 3.63) is 88.7 Å². The Morgan fingerprint density at radius 2 is 1.88 bits per heavy atom. The Morgan fingerprint density at radius 3 is 2.62 bits per heavy atom. The van der Waals surface area contributed by atoms with E-state index in [2.05, 4.69) is 5.32 Å². The Labute approximate surface area is 157 Å². The molecule has 0 fully saturated rings. The lowest BCUT2D eigenvalue weighted by Gasteiger charge is -2.10. The van der Waals surface area contributed by atoms with E-state index in [0.29, 0.717) is 10.7 Å². The molecular weight excluding hydrogens is 346 g/mol. The number of nitrogens with one attached hydrogen (secondary N) is 1. The van der Waals surface area contributed by atoms with E-state index in [0.717, 1.165) is 16.9 Å². The van der Waals surface area contributed by atoms with Gasteiger partial charge in [-0.25, -0.2) is 0 Å². The fourth-order valence-electron chi connectivity index (χ4n) is 2.56. The van der Waals surface area contributed by atoms with Crippen LogP contribution in [0.5, 0.6) is 0 Å². The highest BCUT2D eigenvalue weighted by Crippen LogP contribution is 2.23. The van der Waals surface area contributed by atoms with E-state index in [1.54, 1.807) is 24.3 Å². The number of carbonyl (C=O) groups is 1. The van der Waals surface area contributed by atoms with Gasteiger partial charge in [0.05, 0.1) is 0 Å². The number of halogens is 1. The van der Waals surface area contributed by atoms with Crippen LogP contribution < -0.4 is 5.32 Å². The molecule has 5 heteroatoms. The van der Waals surface area contributed by atoms with Gasteiger partial charge in [0.2, 0.25) is 0 Å². The van der Waals surface area contributed by atoms with E-state index < -0.39 is 5.91 Å². The second-order valence-corrected chi connectivity index (χ2v) is 6.08. The fraction of sp³-hybridized carbons (Fsp3) is 0.0476. The standard InChI is InChI=1S/C21H16ClN3O/c1-15-19(22)10-5-11-20(15)24-21(26)16(14-23)13-18-9-6-12-25(18)17-7-3-2-4-8-17/h2-13H,1H3,(H,24,26). The van der Waals surface area contributed by atoms with Crippen LogP contribution in [-0.4, -0.2) is 10.5 Å². The quantitative estimate of drug-likeness (QED) is 0.526. The molecule has 0 aliphatic heterocycles. The molecule has 0 unspecified atom stereocenters. The maximum Gasteiger partial charge on any atom is 0.266 e. The van der Waals surface area contributed by atoms with Crippen LogP contribution in [0.1, 0.15) is 11.3 Å². The molecule has 26 heavy (non-hydrogen) atoms. The van der Waals surface area contributed by atoms with Gasteiger partial charge in [0.1, 0.15) is 11.6 Å². The number of aromatic nitrogens is 1. The summed E-state index contributed by atoms with van der Waals surface area (Å²) in [5.41, 5.74) is 3.05. The van der Waals surface area contributed by atoms with E-state index in [-0.39, 0.29) is 5.57 Å². The zero-order valence-corrected chi connectivity index (χ0v) is 14.9. The average Bonchev–Trinajstić information content (AvgIpc) is 3.12. The SMILES string of the molecule is Cc1c(Cl)cccc1NC(=O)C(C#N)=Cc1cccn1-c1ccccc1. The topological polar surface area (TPSA) is 57.8 Å². The van der Waals surface area contributed by atoms with Gasteiger partial charge in [-0.2, -0.15) is 5.26 Å². The minimum atomic E-state index is -0.473. The fourth-order valence-corrected chi connectivity index (χ4v) is 2.74. The molecule has 1 aromatic heterocycles. The molecule has 0 aliphatic carbocycles. The molecule has 128 valence electrons. The van der Waals surface area contributed by atoms with Crippen molar-refractivity contribution in [2.24, 2.45) is 0 Å². The number of rotatable bonds is 4. The van der Waals surface area contributed by atoms with Crippen LogP contribution in [0.25, 0.3) is 11.8 Å². The van der Waals surface area contributed by atoms with E-state index in [4.69, 9.17) is 11.6 Å². The summed E-state index contributed by atoms with van der Waals surface area (Å²) in [6.07, 6.45) is 3.46. The highest BCUT2D eigenvalue weighted by molar-refractivity contribution is 6.31. The molecule has 0 saturated carbocycles. The van der Waals surface area contributed by atoms with Gasteiger partial charge in [-0.1, -0.05) is 35.9 Å². The van der Waals surface area contributed by atoms with E-state index in [9.17, 15) is 10.1 Å². The summed E-state index contributed by atoms with van der Waals surface area (Å²) in [7, 11) is 0. The molecule has 0 radical (unpaired) electrons. The number of nitrogens with zero attached hydrogens (tertiary/aromatic N) is 2. The van der Waals surface area contributed by atoms with Gasteiger partial charge in [0.25, 0.3) is 5.91 Å². The summed E-state index contributed by atoms with van der Waals surface area (Å²) < 4.78 is 1.91. The van der Waals surface area contributed by atoms with Gasteiger partial charge in [-0.15, -0.1) is 0 Å². The van der Waals surface area contributed by atoms with Crippen LogP contribution in [0.2, 0.25) is 5.02 Å². The normalized spacial score (nSPS) is 11.0. The highest BCUT2D eigenvalue weighted by atomic mass is 35.5. The first-order chi connectivity index (χ1) is 12.6. The smallest absolute Gasteiger partial charge is 0.266 e. The molecule has 2 aromatic carbocycles. The van der Waals surface area contributed by atoms with Crippen LogP contribution in [-0.2, 0) is 4.79 Å². The molecule has 0 aliphatic rings. The predicted molar refractivity (Wildman–Crippen MR) is 104 cm³/mol. The molecule has 1 amide bonds. The van der Waals surface area contributed by atoms with Crippen LogP contribution in [0.4, 0.5) is 5.69 Å². The number of para-hydroxylation sites is 1. The van der Waals surface area contributed by atoms with Gasteiger partial charge in [0, 0.05) is 28.3 Å². The first kappa shape index (κ1) is 17.5. The number of anilines is 1. The zero-order valence-electron chi connectivity index (χ0n) is 14.1. The van der Waals surface area contributed by atoms with Crippen LogP contribution >= 0.6 is 11.6 Å². The molecular formula is C21H16ClN3O. The summed E-state index contributed by atoms with van der Waals surface area (Å²) in [6.45, 7) is 1.81. The minimum Gasteiger partial charge on any atom is -0.321 e. The Hall–Kier alpha value is -3.29. The van der Waals surface area contributed by atoms with Crippen molar-refractivity contribution in [1.29, 1.82) is 5.26 Å². The van der Waals surface area contributed by atoms with Gasteiger partial charge >= 0.3 is 0 Å². The maximum atomic E-state index is 12.5. The Kier molecular flexibility index (Phi) is 5.21. The maximum absolute atomic E-state index is 12.5. The van der Waals surface area contributed by atoms with Crippen molar-refractivity contribution in [2.45, 2.75) is 6.92 Å². The highest BCUT2D eigenvalue weighted by Gasteiger charge is 2.13. The monoisotopic (exact) mass is 361 g/mol. The number of benzene rings is 2. The van der Waals surface area contributed by atoms with E-state index >= 15 is 0 Å². The van der Waals surface area contributed by atoms with Crippen LogP contribution in [0, 0.1) is 18.3 Å². The third kappa shape index (κ3) is 3.69. The largest absolute Gasteiger partial charge is 0.321 e. The Morgan fingerprint density at radius 1 is 1.12 bits per heavy atom. The number of carbonyl (C=O) groups excluding carboxylic acids is 1. The third-order valence-electron chi connectivity index (χ3n) is 3.99. The predicted octanol–water partition coefficient (Wildman–Crippen LogP) is 4.98. The molecule has 0 spiro atoms. The van der Waals surface area contributed by atoms with Crippen molar-refractivity contribution < 1.29 is 4.79 Å². The number of nitriles is 1. The summed E-state index contributed by atoms with van der Waals surface area (Å²) in [5, 5.41) is 12.8. The van der Waals surface area contributed by atoms with Crippen molar-refractivity contribution in [3.63, 3.8) is 0 Å². The lowest BCUT2D eigenvalue weighted by molar-refractivity contribution is -0.112. The molecule has 1 N–H and O–H groups in total. The minimum absolute atomic E-state index is 0.0141. The third-order valence-corrected chi connectivity index (χ3v) is 4.40. The van der Waals surface area contributed by atoms with E-state index in [1.165, 1.54) is 0 Å². The molecule has 3 aromatic rings. The van der Waals surface area contributed by atoms with Crippen molar-refractivity contribution >= 4 is 29.3 Å². The number of hydrogen-bond donors (Lipinski definition) is 1. The first-order valence-electron chi connectivity index (χ1n) is 8.01. The van der Waals surface area contributed by atoms with Crippen LogP contribution in [0.15, 0.2) is 72.4 Å². The van der Waals surface area contributed by atoms with Crippen LogP contribution in [0.3, 0.4) is 0 Å². The lowest BCUT2D eigenvalue weighted by atomic mass is 10.1. The van der Waals surface area contributed by atoms with Gasteiger partial charge in [0.15, 0.2) is 0 Å². The van der Waals surface area contributed by atoms with Gasteiger partial charge in [-0.05, 0) is 55.0 Å². The zero-order chi connectivity index (χ0) is 18.5. The molecule has 0 bridgehead atoms. The van der Waals surface area contributed by atoms with Crippen molar-refractivity contribution in [2.75, 3.05) is 5.32 Å². The summed E-state index contributed by atoms with van der Waals surface area (Å²) in [5.74, 6) is -0.473. The number of hydrogen-bond acceptors (Lipinski definition) is 2. The molecule has 1 heterocycles. The molecule has 3 rings (SSSR count). The van der Waals surface area contributed by atoms with E-state index in [1.807, 2.05) is 66.2 Å². The Bertz CT molecular complexity index is 1010. The summed E-state index contributed by atoms with van der Waals surface area (Å²) >= 11 is 6.08. The Balaban J connectivity index is 1.90. The lowest BCUT2D eigenvalue weighted by Crippen LogP contribution is -2.14. The summed E-state index contributed by atoms with van der Waals surface area (Å²) in [4.78, 5) is 12.5. The average molecular weight is 362 g/mol. The second kappa shape index (κ2) is 7.73. The molecule has 4 nitrogen and oxygen atoms in total. The second-order valence-electron chi connectivity index (χ2n) is 5.67. The van der Waals surface area contributed by atoms with Gasteiger partial charge in [-0.3, -0.25) is 4.79 Å². The first-order valence-corrected chi connectivity index (χ1v) is 8.39. The van der Waals surface area contributed by atoms with Crippen molar-refractivity contribution in [3.8, 4) is 11.8 Å². The summed E-state index contributed by atoms with van der Waals surface area (Å²) in [6, 6.07) is 20.7. The molecule has 0 atom stereocenters. The molecule has 0 saturated heterocycles. The number of amides is 1.